The molecule has 2 rings (SSSR count). The maximum Gasteiger partial charge on any atom is 0.126 e. The molecule has 0 heterocycles. The Kier molecular flexibility index (Phi) is 3.44. The van der Waals surface area contributed by atoms with Crippen LogP contribution in [-0.4, -0.2) is 12.1 Å². The summed E-state index contributed by atoms with van der Waals surface area (Å²) >= 11 is 0. The molecule has 0 amide bonds. The van der Waals surface area contributed by atoms with Crippen LogP contribution in [0.15, 0.2) is 24.3 Å². The molecule has 0 bridgehead atoms. The van der Waals surface area contributed by atoms with Crippen molar-refractivity contribution in [1.82, 2.24) is 0 Å². The Bertz CT molecular complexity index is 350. The van der Waals surface area contributed by atoms with Crippen LogP contribution in [0.3, 0.4) is 0 Å². The standard InChI is InChI=1S/C13H18FNO/c14-11-4-3-5-12(10-11)16-9-2-1-6-13(15)7-8-13/h3-5,10H,1-2,6-9,15H2. The maximum absolute atomic E-state index is 12.8. The molecule has 0 unspecified atom stereocenters. The quantitative estimate of drug-likeness (QED) is 0.753. The summed E-state index contributed by atoms with van der Waals surface area (Å²) in [5, 5.41) is 0. The third-order valence-corrected chi connectivity index (χ3v) is 3.03. The van der Waals surface area contributed by atoms with E-state index in [1.165, 1.54) is 12.1 Å². The third-order valence-electron chi connectivity index (χ3n) is 3.03. The summed E-state index contributed by atoms with van der Waals surface area (Å²) < 4.78 is 18.3. The Morgan fingerprint density at radius 3 is 2.81 bits per heavy atom. The molecule has 2 nitrogen and oxygen atoms in total. The second-order valence-corrected chi connectivity index (χ2v) is 4.63. The molecule has 2 N–H and O–H groups in total. The molecule has 1 fully saturated rings. The Hall–Kier alpha value is -1.09. The minimum Gasteiger partial charge on any atom is -0.493 e. The highest BCUT2D eigenvalue weighted by atomic mass is 19.1. The second-order valence-electron chi connectivity index (χ2n) is 4.63. The van der Waals surface area contributed by atoms with Crippen molar-refractivity contribution >= 4 is 0 Å². The first kappa shape index (κ1) is 11.4. The lowest BCUT2D eigenvalue weighted by Gasteiger charge is -2.09. The summed E-state index contributed by atoms with van der Waals surface area (Å²) in [5.41, 5.74) is 6.11. The number of nitrogens with two attached hydrogens (primary N) is 1. The van der Waals surface area contributed by atoms with Crippen LogP contribution in [-0.2, 0) is 0 Å². The Morgan fingerprint density at radius 1 is 1.31 bits per heavy atom. The van der Waals surface area contributed by atoms with Gasteiger partial charge in [0.15, 0.2) is 0 Å². The molecule has 1 aromatic carbocycles. The van der Waals surface area contributed by atoms with Crippen molar-refractivity contribution in [1.29, 1.82) is 0 Å². The monoisotopic (exact) mass is 223 g/mol. The van der Waals surface area contributed by atoms with Gasteiger partial charge in [0.2, 0.25) is 0 Å². The van der Waals surface area contributed by atoms with E-state index in [0.717, 1.165) is 32.1 Å². The van der Waals surface area contributed by atoms with Gasteiger partial charge in [-0.25, -0.2) is 4.39 Å². The summed E-state index contributed by atoms with van der Waals surface area (Å²) in [7, 11) is 0. The van der Waals surface area contributed by atoms with E-state index in [9.17, 15) is 4.39 Å². The number of hydrogen-bond donors (Lipinski definition) is 1. The normalized spacial score (nSPS) is 17.1. The minimum absolute atomic E-state index is 0.138. The average molecular weight is 223 g/mol. The van der Waals surface area contributed by atoms with Crippen molar-refractivity contribution in [3.8, 4) is 5.75 Å². The summed E-state index contributed by atoms with van der Waals surface area (Å²) in [6, 6.07) is 6.25. The van der Waals surface area contributed by atoms with Crippen LogP contribution in [0.5, 0.6) is 5.75 Å². The molecule has 0 spiro atoms. The van der Waals surface area contributed by atoms with Gasteiger partial charge in [0.25, 0.3) is 0 Å². The van der Waals surface area contributed by atoms with Gasteiger partial charge in [-0.1, -0.05) is 6.07 Å². The first-order chi connectivity index (χ1) is 7.68. The van der Waals surface area contributed by atoms with Crippen LogP contribution in [0.2, 0.25) is 0 Å². The lowest BCUT2D eigenvalue weighted by molar-refractivity contribution is 0.301. The molecule has 0 aromatic heterocycles. The van der Waals surface area contributed by atoms with Gasteiger partial charge in [0.05, 0.1) is 6.61 Å². The van der Waals surface area contributed by atoms with Crippen LogP contribution in [0.4, 0.5) is 4.39 Å². The minimum atomic E-state index is -0.253. The molecule has 0 saturated heterocycles. The lowest BCUT2D eigenvalue weighted by atomic mass is 10.1. The zero-order valence-corrected chi connectivity index (χ0v) is 9.42. The lowest BCUT2D eigenvalue weighted by Crippen LogP contribution is -2.21. The molecule has 88 valence electrons. The highest BCUT2D eigenvalue weighted by molar-refractivity contribution is 5.22. The van der Waals surface area contributed by atoms with Gasteiger partial charge in [-0.15, -0.1) is 0 Å². The van der Waals surface area contributed by atoms with E-state index in [0.29, 0.717) is 12.4 Å². The molecule has 0 radical (unpaired) electrons. The van der Waals surface area contributed by atoms with Crippen molar-refractivity contribution in [2.75, 3.05) is 6.61 Å². The van der Waals surface area contributed by atoms with Crippen molar-refractivity contribution in [2.45, 2.75) is 37.6 Å². The highest BCUT2D eigenvalue weighted by Crippen LogP contribution is 2.36. The van der Waals surface area contributed by atoms with E-state index in [4.69, 9.17) is 10.5 Å². The number of hydrogen-bond acceptors (Lipinski definition) is 2. The first-order valence-corrected chi connectivity index (χ1v) is 5.85. The zero-order chi connectivity index (χ0) is 11.4. The summed E-state index contributed by atoms with van der Waals surface area (Å²) in [6.07, 6.45) is 5.48. The van der Waals surface area contributed by atoms with Crippen molar-refractivity contribution < 1.29 is 9.13 Å². The van der Waals surface area contributed by atoms with Crippen molar-refractivity contribution in [3.63, 3.8) is 0 Å². The number of ether oxygens (including phenoxy) is 1. The molecule has 1 aromatic rings. The Labute approximate surface area is 95.6 Å². The smallest absolute Gasteiger partial charge is 0.126 e. The summed E-state index contributed by atoms with van der Waals surface area (Å²) in [6.45, 7) is 0.638. The molecule has 0 atom stereocenters. The van der Waals surface area contributed by atoms with Crippen molar-refractivity contribution in [3.05, 3.63) is 30.1 Å². The van der Waals surface area contributed by atoms with Gasteiger partial charge in [-0.3, -0.25) is 0 Å². The van der Waals surface area contributed by atoms with Gasteiger partial charge in [0, 0.05) is 11.6 Å². The molecular weight excluding hydrogens is 205 g/mol. The van der Waals surface area contributed by atoms with Gasteiger partial charge in [0.1, 0.15) is 11.6 Å². The van der Waals surface area contributed by atoms with Gasteiger partial charge in [-0.2, -0.15) is 0 Å². The molecule has 0 aliphatic heterocycles. The van der Waals surface area contributed by atoms with Gasteiger partial charge in [-0.05, 0) is 44.2 Å². The number of unbranched alkanes of at least 4 members (excludes halogenated alkanes) is 1. The van der Waals surface area contributed by atoms with E-state index >= 15 is 0 Å². The summed E-state index contributed by atoms with van der Waals surface area (Å²) in [4.78, 5) is 0. The average Bonchev–Trinajstić information content (AvgIpc) is 2.96. The molecule has 16 heavy (non-hydrogen) atoms. The number of rotatable bonds is 6. The number of benzene rings is 1. The molecule has 3 heteroatoms. The fourth-order valence-electron chi connectivity index (χ4n) is 1.74. The van der Waals surface area contributed by atoms with E-state index in [1.54, 1.807) is 12.1 Å². The third kappa shape index (κ3) is 3.49. The van der Waals surface area contributed by atoms with Gasteiger partial charge >= 0.3 is 0 Å². The topological polar surface area (TPSA) is 35.2 Å². The predicted molar refractivity (Wildman–Crippen MR) is 61.9 cm³/mol. The molecule has 1 aliphatic carbocycles. The number of halogens is 1. The Balaban J connectivity index is 1.60. The van der Waals surface area contributed by atoms with Gasteiger partial charge < -0.3 is 10.5 Å². The maximum atomic E-state index is 12.8. The first-order valence-electron chi connectivity index (χ1n) is 5.85. The predicted octanol–water partition coefficient (Wildman–Crippen LogP) is 2.87. The molecular formula is C13H18FNO. The fourth-order valence-corrected chi connectivity index (χ4v) is 1.74. The van der Waals surface area contributed by atoms with Crippen LogP contribution in [0.25, 0.3) is 0 Å². The molecule has 1 aliphatic rings. The van der Waals surface area contributed by atoms with E-state index < -0.39 is 0 Å². The molecule has 1 saturated carbocycles. The van der Waals surface area contributed by atoms with Crippen LogP contribution >= 0.6 is 0 Å². The van der Waals surface area contributed by atoms with Crippen LogP contribution < -0.4 is 10.5 Å². The van der Waals surface area contributed by atoms with E-state index in [-0.39, 0.29) is 11.4 Å². The summed E-state index contributed by atoms with van der Waals surface area (Å²) in [5.74, 6) is 0.352. The van der Waals surface area contributed by atoms with E-state index in [1.807, 2.05) is 0 Å². The van der Waals surface area contributed by atoms with E-state index in [2.05, 4.69) is 0 Å². The van der Waals surface area contributed by atoms with Crippen LogP contribution in [0, 0.1) is 5.82 Å². The fraction of sp³-hybridized carbons (Fsp3) is 0.538. The largest absolute Gasteiger partial charge is 0.493 e. The van der Waals surface area contributed by atoms with Crippen LogP contribution in [0.1, 0.15) is 32.1 Å². The zero-order valence-electron chi connectivity index (χ0n) is 9.42. The van der Waals surface area contributed by atoms with Crippen molar-refractivity contribution in [2.24, 2.45) is 5.73 Å². The second kappa shape index (κ2) is 4.83. The Morgan fingerprint density at radius 2 is 2.12 bits per heavy atom. The highest BCUT2D eigenvalue weighted by Gasteiger charge is 2.36. The SMILES string of the molecule is NC1(CCCCOc2cccc(F)c2)CC1.